The second-order valence-electron chi connectivity index (χ2n) is 4.25. The first-order valence-electron chi connectivity index (χ1n) is 5.46. The number of nitrogens with zero attached hydrogens (tertiary/aromatic N) is 2. The van der Waals surface area contributed by atoms with Crippen molar-refractivity contribution in [2.45, 2.75) is 25.7 Å². The highest BCUT2D eigenvalue weighted by Crippen LogP contribution is 2.40. The molecule has 0 atom stereocenters. The van der Waals surface area contributed by atoms with Gasteiger partial charge in [0.1, 0.15) is 5.82 Å². The molecule has 3 rings (SSSR count). The molecule has 0 aliphatic heterocycles. The summed E-state index contributed by atoms with van der Waals surface area (Å²) in [6.45, 7) is 2.08. The Hall–Kier alpha value is -1.51. The lowest BCUT2D eigenvalue weighted by Crippen LogP contribution is -1.93. The number of imidazole rings is 1. The van der Waals surface area contributed by atoms with Crippen LogP contribution in [0.25, 0.3) is 5.52 Å². The van der Waals surface area contributed by atoms with Crippen LogP contribution in [0.4, 0.5) is 5.69 Å². The Morgan fingerprint density at radius 3 is 2.93 bits per heavy atom. The molecule has 2 aromatic heterocycles. The Balaban J connectivity index is 2.23. The molecule has 78 valence electrons. The van der Waals surface area contributed by atoms with Crippen LogP contribution in [0.1, 0.15) is 30.3 Å². The van der Waals surface area contributed by atoms with Gasteiger partial charge in [0, 0.05) is 24.8 Å². The fraction of sp³-hybridized carbons (Fsp3) is 0.417. The summed E-state index contributed by atoms with van der Waals surface area (Å²) in [5.41, 5.74) is 3.51. The molecule has 1 aliphatic carbocycles. The van der Waals surface area contributed by atoms with Gasteiger partial charge in [-0.3, -0.25) is 0 Å². The molecule has 1 aliphatic rings. The lowest BCUT2D eigenvalue weighted by atomic mass is 10.3. The van der Waals surface area contributed by atoms with Gasteiger partial charge in [0.15, 0.2) is 0 Å². The number of aromatic nitrogens is 2. The molecule has 0 aromatic carbocycles. The van der Waals surface area contributed by atoms with Gasteiger partial charge in [-0.15, -0.1) is 0 Å². The Kier molecular flexibility index (Phi) is 1.75. The summed E-state index contributed by atoms with van der Waals surface area (Å²) in [5, 5.41) is 3.16. The van der Waals surface area contributed by atoms with Crippen LogP contribution in [0.5, 0.6) is 0 Å². The molecule has 0 spiro atoms. The fourth-order valence-electron chi connectivity index (χ4n) is 2.05. The van der Waals surface area contributed by atoms with E-state index in [0.29, 0.717) is 5.92 Å². The largest absolute Gasteiger partial charge is 0.388 e. The third-order valence-corrected chi connectivity index (χ3v) is 3.09. The predicted octanol–water partition coefficient (Wildman–Crippen LogP) is 2.56. The third kappa shape index (κ3) is 1.30. The molecule has 0 amide bonds. The number of aryl methyl sites for hydroxylation is 1. The van der Waals surface area contributed by atoms with Crippen LogP contribution in [0.3, 0.4) is 0 Å². The van der Waals surface area contributed by atoms with E-state index in [1.165, 1.54) is 24.2 Å². The number of hydrogen-bond donors (Lipinski definition) is 1. The molecule has 1 N–H and O–H groups in total. The van der Waals surface area contributed by atoms with Crippen LogP contribution < -0.4 is 5.32 Å². The first kappa shape index (κ1) is 8.77. The molecule has 3 nitrogen and oxygen atoms in total. The second-order valence-corrected chi connectivity index (χ2v) is 4.25. The van der Waals surface area contributed by atoms with Crippen LogP contribution in [0.15, 0.2) is 18.3 Å². The van der Waals surface area contributed by atoms with Gasteiger partial charge in [0.25, 0.3) is 0 Å². The number of rotatable bonds is 2. The summed E-state index contributed by atoms with van der Waals surface area (Å²) >= 11 is 0. The van der Waals surface area contributed by atoms with Gasteiger partial charge in [-0.2, -0.15) is 0 Å². The van der Waals surface area contributed by atoms with E-state index >= 15 is 0 Å². The van der Waals surface area contributed by atoms with E-state index in [1.807, 2.05) is 7.05 Å². The number of pyridine rings is 1. The van der Waals surface area contributed by atoms with Crippen molar-refractivity contribution in [1.82, 2.24) is 9.38 Å². The maximum absolute atomic E-state index is 4.66. The van der Waals surface area contributed by atoms with Crippen LogP contribution in [-0.4, -0.2) is 16.4 Å². The summed E-state index contributed by atoms with van der Waals surface area (Å²) in [4.78, 5) is 4.66. The van der Waals surface area contributed by atoms with Crippen LogP contribution in [0, 0.1) is 6.92 Å². The highest BCUT2D eigenvalue weighted by atomic mass is 15.0. The van der Waals surface area contributed by atoms with Crippen molar-refractivity contribution >= 4 is 11.2 Å². The van der Waals surface area contributed by atoms with E-state index in [4.69, 9.17) is 0 Å². The molecule has 3 heteroatoms. The minimum Gasteiger partial charge on any atom is -0.388 e. The third-order valence-electron chi connectivity index (χ3n) is 3.09. The van der Waals surface area contributed by atoms with Gasteiger partial charge in [0.05, 0.1) is 11.2 Å². The SMILES string of the molecule is CNc1ccn2c(C3CC3)nc(C)c2c1. The Labute approximate surface area is 89.1 Å². The molecule has 2 heterocycles. The van der Waals surface area contributed by atoms with Gasteiger partial charge >= 0.3 is 0 Å². The lowest BCUT2D eigenvalue weighted by Gasteiger charge is -2.02. The summed E-state index contributed by atoms with van der Waals surface area (Å²) < 4.78 is 2.23. The molecule has 0 unspecified atom stereocenters. The summed E-state index contributed by atoms with van der Waals surface area (Å²) in [6, 6.07) is 4.26. The topological polar surface area (TPSA) is 29.3 Å². The Morgan fingerprint density at radius 1 is 1.47 bits per heavy atom. The van der Waals surface area contributed by atoms with Gasteiger partial charge in [-0.1, -0.05) is 0 Å². The van der Waals surface area contributed by atoms with Crippen molar-refractivity contribution in [3.05, 3.63) is 29.8 Å². The maximum Gasteiger partial charge on any atom is 0.116 e. The number of fused-ring (bicyclic) bond motifs is 1. The van der Waals surface area contributed by atoms with Gasteiger partial charge in [0.2, 0.25) is 0 Å². The fourth-order valence-corrected chi connectivity index (χ4v) is 2.05. The average Bonchev–Trinajstić information content (AvgIpc) is 3.05. The van der Waals surface area contributed by atoms with E-state index in [2.05, 4.69) is 40.0 Å². The second kappa shape index (κ2) is 2.99. The normalized spacial score (nSPS) is 15.9. The van der Waals surface area contributed by atoms with Crippen molar-refractivity contribution in [3.8, 4) is 0 Å². The van der Waals surface area contributed by atoms with Gasteiger partial charge in [-0.05, 0) is 31.9 Å². The first-order chi connectivity index (χ1) is 7.29. The van der Waals surface area contributed by atoms with Gasteiger partial charge in [-0.25, -0.2) is 4.98 Å². The zero-order valence-corrected chi connectivity index (χ0v) is 9.12. The summed E-state index contributed by atoms with van der Waals surface area (Å²) in [6.07, 6.45) is 4.72. The zero-order valence-electron chi connectivity index (χ0n) is 9.12. The molecular weight excluding hydrogens is 186 g/mol. The van der Waals surface area contributed by atoms with Crippen LogP contribution in [0.2, 0.25) is 0 Å². The monoisotopic (exact) mass is 201 g/mol. The lowest BCUT2D eigenvalue weighted by molar-refractivity contribution is 0.916. The van der Waals surface area contributed by atoms with E-state index in [0.717, 1.165) is 11.4 Å². The molecule has 2 aromatic rings. The predicted molar refractivity (Wildman–Crippen MR) is 61.5 cm³/mol. The molecule has 0 radical (unpaired) electrons. The highest BCUT2D eigenvalue weighted by Gasteiger charge is 2.28. The Bertz CT molecular complexity index is 509. The minimum atomic E-state index is 0.701. The zero-order chi connectivity index (χ0) is 10.4. The average molecular weight is 201 g/mol. The van der Waals surface area contributed by atoms with E-state index < -0.39 is 0 Å². The molecule has 1 saturated carbocycles. The molecule has 0 saturated heterocycles. The number of anilines is 1. The number of hydrogen-bond acceptors (Lipinski definition) is 2. The summed E-state index contributed by atoms with van der Waals surface area (Å²) in [7, 11) is 1.94. The van der Waals surface area contributed by atoms with Crippen molar-refractivity contribution in [2.75, 3.05) is 12.4 Å². The maximum atomic E-state index is 4.66. The van der Waals surface area contributed by atoms with E-state index in [9.17, 15) is 0 Å². The van der Waals surface area contributed by atoms with Crippen molar-refractivity contribution < 1.29 is 0 Å². The van der Waals surface area contributed by atoms with E-state index in [-0.39, 0.29) is 0 Å². The first-order valence-corrected chi connectivity index (χ1v) is 5.46. The quantitative estimate of drug-likeness (QED) is 0.809. The molecule has 0 bridgehead atoms. The Morgan fingerprint density at radius 2 is 2.27 bits per heavy atom. The standard InChI is InChI=1S/C12H15N3/c1-8-11-7-10(13-2)5-6-15(11)12(14-8)9-3-4-9/h5-7,9,13H,3-4H2,1-2H3. The van der Waals surface area contributed by atoms with Crippen LogP contribution in [-0.2, 0) is 0 Å². The molecule has 15 heavy (non-hydrogen) atoms. The van der Waals surface area contributed by atoms with Crippen LogP contribution >= 0.6 is 0 Å². The smallest absolute Gasteiger partial charge is 0.116 e. The van der Waals surface area contributed by atoms with Crippen molar-refractivity contribution in [3.63, 3.8) is 0 Å². The molecular formula is C12H15N3. The number of nitrogens with one attached hydrogen (secondary N) is 1. The van der Waals surface area contributed by atoms with Crippen molar-refractivity contribution in [2.24, 2.45) is 0 Å². The van der Waals surface area contributed by atoms with E-state index in [1.54, 1.807) is 0 Å². The summed E-state index contributed by atoms with van der Waals surface area (Å²) in [5.74, 6) is 1.94. The van der Waals surface area contributed by atoms with Gasteiger partial charge < -0.3 is 9.72 Å². The highest BCUT2D eigenvalue weighted by molar-refractivity contribution is 5.62. The van der Waals surface area contributed by atoms with Crippen molar-refractivity contribution in [1.29, 1.82) is 0 Å². The molecule has 1 fully saturated rings. The minimum absolute atomic E-state index is 0.701.